The summed E-state index contributed by atoms with van der Waals surface area (Å²) in [4.78, 5) is 26.6. The molecule has 1 fully saturated rings. The molecule has 6 nitrogen and oxygen atoms in total. The number of amides is 2. The van der Waals surface area contributed by atoms with Crippen LogP contribution in [0.1, 0.15) is 31.7 Å². The molecular weight excluding hydrogens is 407 g/mol. The van der Waals surface area contributed by atoms with Crippen LogP contribution in [0.25, 0.3) is 0 Å². The zero-order valence-electron chi connectivity index (χ0n) is 16.6. The van der Waals surface area contributed by atoms with E-state index in [1.165, 1.54) is 30.3 Å². The van der Waals surface area contributed by atoms with Gasteiger partial charge in [0.1, 0.15) is 5.82 Å². The molecule has 158 valence electrons. The van der Waals surface area contributed by atoms with Gasteiger partial charge in [-0.05, 0) is 74.2 Å². The standard InChI is InChI=1S/C22H23FN2O4S/c1-14-12-16-13-19(8-9-20(16)25(14)22(27)15-2-3-15)30(28,29)11-10-21(26)24-18-6-4-17(23)5-7-18/h4-9,13-15H,2-3,10-12H2,1H3,(H,24,26)/t14-/m1/s1. The molecule has 1 saturated carbocycles. The number of hydrogen-bond donors (Lipinski definition) is 1. The molecule has 0 aromatic heterocycles. The van der Waals surface area contributed by atoms with Crippen LogP contribution in [-0.2, 0) is 25.8 Å². The highest BCUT2D eigenvalue weighted by atomic mass is 32.2. The van der Waals surface area contributed by atoms with Gasteiger partial charge in [0.25, 0.3) is 0 Å². The molecular formula is C22H23FN2O4S. The maximum Gasteiger partial charge on any atom is 0.230 e. The van der Waals surface area contributed by atoms with Crippen LogP contribution in [0.4, 0.5) is 15.8 Å². The first-order valence-corrected chi connectivity index (χ1v) is 11.6. The van der Waals surface area contributed by atoms with Gasteiger partial charge >= 0.3 is 0 Å². The number of halogens is 1. The number of carbonyl (C=O) groups is 2. The first kappa shape index (κ1) is 20.5. The van der Waals surface area contributed by atoms with Gasteiger partial charge in [-0.3, -0.25) is 9.59 Å². The lowest BCUT2D eigenvalue weighted by Crippen LogP contribution is -2.36. The molecule has 0 saturated heterocycles. The fourth-order valence-corrected chi connectivity index (χ4v) is 5.05. The maximum atomic E-state index is 12.9. The van der Waals surface area contributed by atoms with Gasteiger partial charge in [0.15, 0.2) is 9.84 Å². The van der Waals surface area contributed by atoms with Crippen LogP contribution in [0.5, 0.6) is 0 Å². The van der Waals surface area contributed by atoms with Crippen LogP contribution in [-0.4, -0.2) is 32.0 Å². The first-order valence-electron chi connectivity index (χ1n) is 9.99. The van der Waals surface area contributed by atoms with Crippen LogP contribution in [0, 0.1) is 11.7 Å². The van der Waals surface area contributed by atoms with Crippen molar-refractivity contribution in [1.29, 1.82) is 0 Å². The Kier molecular flexibility index (Phi) is 5.36. The van der Waals surface area contributed by atoms with Gasteiger partial charge in [-0.1, -0.05) is 0 Å². The van der Waals surface area contributed by atoms with Gasteiger partial charge in [-0.2, -0.15) is 0 Å². The third kappa shape index (κ3) is 4.23. The van der Waals surface area contributed by atoms with Crippen molar-refractivity contribution >= 4 is 33.0 Å². The lowest BCUT2D eigenvalue weighted by Gasteiger charge is -2.22. The highest BCUT2D eigenvalue weighted by molar-refractivity contribution is 7.91. The molecule has 2 aliphatic rings. The molecule has 2 aromatic carbocycles. The Morgan fingerprint density at radius 3 is 2.50 bits per heavy atom. The number of nitrogens with one attached hydrogen (secondary N) is 1. The van der Waals surface area contributed by atoms with Gasteiger partial charge in [-0.25, -0.2) is 12.8 Å². The number of carbonyl (C=O) groups excluding carboxylic acids is 2. The summed E-state index contributed by atoms with van der Waals surface area (Å²) >= 11 is 0. The maximum absolute atomic E-state index is 12.9. The second-order valence-electron chi connectivity index (χ2n) is 7.95. The Morgan fingerprint density at radius 1 is 1.13 bits per heavy atom. The Balaban J connectivity index is 1.43. The number of sulfone groups is 1. The van der Waals surface area contributed by atoms with Crippen LogP contribution >= 0.6 is 0 Å². The van der Waals surface area contributed by atoms with E-state index in [9.17, 15) is 22.4 Å². The number of hydrogen-bond acceptors (Lipinski definition) is 4. The minimum Gasteiger partial charge on any atom is -0.326 e. The lowest BCUT2D eigenvalue weighted by molar-refractivity contribution is -0.120. The summed E-state index contributed by atoms with van der Waals surface area (Å²) in [5, 5.41) is 2.56. The third-order valence-electron chi connectivity index (χ3n) is 5.52. The summed E-state index contributed by atoms with van der Waals surface area (Å²) in [6, 6.07) is 10.1. The summed E-state index contributed by atoms with van der Waals surface area (Å²) in [5.41, 5.74) is 2.03. The van der Waals surface area contributed by atoms with Crippen molar-refractivity contribution in [3.63, 3.8) is 0 Å². The molecule has 8 heteroatoms. The molecule has 2 aromatic rings. The minimum atomic E-state index is -3.66. The molecule has 1 atom stereocenters. The SMILES string of the molecule is C[C@@H]1Cc2cc(S(=O)(=O)CCC(=O)Nc3ccc(F)cc3)ccc2N1C(=O)C1CC1. The largest absolute Gasteiger partial charge is 0.326 e. The van der Waals surface area contributed by atoms with Crippen molar-refractivity contribution < 1.29 is 22.4 Å². The van der Waals surface area contributed by atoms with Crippen molar-refractivity contribution in [3.05, 3.63) is 53.8 Å². The van der Waals surface area contributed by atoms with E-state index >= 15 is 0 Å². The number of rotatable bonds is 6. The smallest absolute Gasteiger partial charge is 0.230 e. The van der Waals surface area contributed by atoms with Gasteiger partial charge in [-0.15, -0.1) is 0 Å². The molecule has 30 heavy (non-hydrogen) atoms. The Morgan fingerprint density at radius 2 is 1.83 bits per heavy atom. The number of nitrogens with zero attached hydrogens (tertiary/aromatic N) is 1. The topological polar surface area (TPSA) is 83.6 Å². The van der Waals surface area contributed by atoms with E-state index in [4.69, 9.17) is 0 Å². The summed E-state index contributed by atoms with van der Waals surface area (Å²) in [5.74, 6) is -0.991. The van der Waals surface area contributed by atoms with Gasteiger partial charge in [0.2, 0.25) is 11.8 Å². The van der Waals surface area contributed by atoms with Gasteiger partial charge < -0.3 is 10.2 Å². The fraction of sp³-hybridized carbons (Fsp3) is 0.364. The molecule has 0 radical (unpaired) electrons. The molecule has 1 N–H and O–H groups in total. The molecule has 0 bridgehead atoms. The van der Waals surface area contributed by atoms with E-state index in [1.54, 1.807) is 17.0 Å². The summed E-state index contributed by atoms with van der Waals surface area (Å²) in [6.45, 7) is 1.97. The number of benzene rings is 2. The molecule has 4 rings (SSSR count). The summed E-state index contributed by atoms with van der Waals surface area (Å²) in [6.07, 6.45) is 2.25. The highest BCUT2D eigenvalue weighted by Crippen LogP contribution is 2.39. The predicted octanol–water partition coefficient (Wildman–Crippen LogP) is 3.32. The van der Waals surface area contributed by atoms with Gasteiger partial charge in [0, 0.05) is 29.8 Å². The average molecular weight is 431 g/mol. The number of anilines is 2. The van der Waals surface area contributed by atoms with E-state index in [2.05, 4.69) is 5.32 Å². The zero-order valence-corrected chi connectivity index (χ0v) is 17.4. The van der Waals surface area contributed by atoms with E-state index in [1.807, 2.05) is 6.92 Å². The van der Waals surface area contributed by atoms with E-state index in [-0.39, 0.29) is 34.9 Å². The molecule has 0 unspecified atom stereocenters. The van der Waals surface area contributed by atoms with E-state index in [0.29, 0.717) is 12.1 Å². The summed E-state index contributed by atoms with van der Waals surface area (Å²) in [7, 11) is -3.66. The minimum absolute atomic E-state index is 0.00698. The van der Waals surface area contributed by atoms with E-state index < -0.39 is 21.6 Å². The zero-order chi connectivity index (χ0) is 21.5. The van der Waals surface area contributed by atoms with Crippen molar-refractivity contribution in [2.45, 2.75) is 43.5 Å². The monoisotopic (exact) mass is 430 g/mol. The first-order chi connectivity index (χ1) is 14.2. The molecule has 1 aliphatic carbocycles. The molecule has 1 aliphatic heterocycles. The summed E-state index contributed by atoms with van der Waals surface area (Å²) < 4.78 is 38.4. The average Bonchev–Trinajstić information content (AvgIpc) is 3.50. The Labute approximate surface area is 175 Å². The van der Waals surface area contributed by atoms with Crippen molar-refractivity contribution in [2.75, 3.05) is 16.0 Å². The van der Waals surface area contributed by atoms with Crippen molar-refractivity contribution in [1.82, 2.24) is 0 Å². The Bertz CT molecular complexity index is 1090. The van der Waals surface area contributed by atoms with Crippen LogP contribution < -0.4 is 10.2 Å². The fourth-order valence-electron chi connectivity index (χ4n) is 3.77. The van der Waals surface area contributed by atoms with Crippen molar-refractivity contribution in [2.24, 2.45) is 5.92 Å². The second kappa shape index (κ2) is 7.83. The Hall–Kier alpha value is -2.74. The highest BCUT2D eigenvalue weighted by Gasteiger charge is 2.39. The van der Waals surface area contributed by atoms with Gasteiger partial charge in [0.05, 0.1) is 10.6 Å². The second-order valence-corrected chi connectivity index (χ2v) is 10.1. The predicted molar refractivity (Wildman–Crippen MR) is 112 cm³/mol. The van der Waals surface area contributed by atoms with Crippen LogP contribution in [0.2, 0.25) is 0 Å². The number of fused-ring (bicyclic) bond motifs is 1. The van der Waals surface area contributed by atoms with Crippen LogP contribution in [0.15, 0.2) is 47.4 Å². The molecule has 0 spiro atoms. The molecule has 2 amide bonds. The lowest BCUT2D eigenvalue weighted by atomic mass is 10.1. The molecule has 1 heterocycles. The van der Waals surface area contributed by atoms with Crippen molar-refractivity contribution in [3.8, 4) is 0 Å². The quantitative estimate of drug-likeness (QED) is 0.762. The van der Waals surface area contributed by atoms with E-state index in [0.717, 1.165) is 24.1 Å². The van der Waals surface area contributed by atoms with Crippen LogP contribution in [0.3, 0.4) is 0 Å². The third-order valence-corrected chi connectivity index (χ3v) is 7.23. The normalized spacial score (nSPS) is 18.2.